The normalized spacial score (nSPS) is 19.1. The molecular formula is C18H21N3O6S. The fourth-order valence-corrected chi connectivity index (χ4v) is 4.82. The highest BCUT2D eigenvalue weighted by molar-refractivity contribution is 7.89. The largest absolute Gasteiger partial charge is 0.379 e. The third-order valence-corrected chi connectivity index (χ3v) is 6.88. The minimum Gasteiger partial charge on any atom is -0.379 e. The SMILES string of the molecule is O=C(c1c[nH]c2ccc(S(=O)(=O)N3CCOCC3)cc2c1=O)N1CCOCC1. The molecule has 0 bridgehead atoms. The molecule has 1 aromatic carbocycles. The molecule has 2 saturated heterocycles. The van der Waals surface area contributed by atoms with Crippen molar-refractivity contribution >= 4 is 26.8 Å². The molecule has 0 spiro atoms. The van der Waals surface area contributed by atoms with Gasteiger partial charge in [0.25, 0.3) is 5.91 Å². The fourth-order valence-electron chi connectivity index (χ4n) is 3.39. The van der Waals surface area contributed by atoms with Gasteiger partial charge in [-0.05, 0) is 18.2 Å². The lowest BCUT2D eigenvalue weighted by Gasteiger charge is -2.27. The van der Waals surface area contributed by atoms with Crippen LogP contribution in [-0.2, 0) is 19.5 Å². The zero-order valence-electron chi connectivity index (χ0n) is 15.2. The van der Waals surface area contributed by atoms with E-state index in [9.17, 15) is 18.0 Å². The molecule has 0 aliphatic carbocycles. The number of pyridine rings is 1. The molecule has 2 fully saturated rings. The molecule has 1 amide bonds. The van der Waals surface area contributed by atoms with E-state index in [-0.39, 0.29) is 34.8 Å². The molecule has 0 saturated carbocycles. The number of hydrogen-bond donors (Lipinski definition) is 1. The predicted octanol–water partition coefficient (Wildman–Crippen LogP) is 0.0214. The number of fused-ring (bicyclic) bond motifs is 1. The molecule has 1 aromatic heterocycles. The van der Waals surface area contributed by atoms with Crippen LogP contribution in [0, 0.1) is 0 Å². The standard InChI is InChI=1S/C18H21N3O6S/c22-17-14-11-13(28(24,25)21-5-9-27-10-6-21)1-2-16(14)19-12-15(17)18(23)20-3-7-26-8-4-20/h1-2,11-12H,3-10H2,(H,19,22). The Morgan fingerprint density at radius 3 is 2.32 bits per heavy atom. The van der Waals surface area contributed by atoms with Crippen molar-refractivity contribution < 1.29 is 22.7 Å². The summed E-state index contributed by atoms with van der Waals surface area (Å²) in [7, 11) is -3.74. The molecule has 2 aliphatic heterocycles. The van der Waals surface area contributed by atoms with Crippen LogP contribution in [0.25, 0.3) is 10.9 Å². The summed E-state index contributed by atoms with van der Waals surface area (Å²) in [6.07, 6.45) is 1.39. The molecule has 3 heterocycles. The zero-order chi connectivity index (χ0) is 19.7. The summed E-state index contributed by atoms with van der Waals surface area (Å²) >= 11 is 0. The van der Waals surface area contributed by atoms with Crippen LogP contribution in [0.5, 0.6) is 0 Å². The first-order valence-corrected chi connectivity index (χ1v) is 10.5. The number of nitrogens with one attached hydrogen (secondary N) is 1. The number of aromatic nitrogens is 1. The van der Waals surface area contributed by atoms with Gasteiger partial charge in [-0.15, -0.1) is 0 Å². The predicted molar refractivity (Wildman–Crippen MR) is 101 cm³/mol. The van der Waals surface area contributed by atoms with E-state index >= 15 is 0 Å². The number of rotatable bonds is 3. The Balaban J connectivity index is 1.73. The zero-order valence-corrected chi connectivity index (χ0v) is 16.0. The van der Waals surface area contributed by atoms with E-state index in [0.29, 0.717) is 45.0 Å². The number of benzene rings is 1. The van der Waals surface area contributed by atoms with Gasteiger partial charge in [-0.2, -0.15) is 4.31 Å². The second-order valence-electron chi connectivity index (χ2n) is 6.66. The quantitative estimate of drug-likeness (QED) is 0.768. The van der Waals surface area contributed by atoms with Gasteiger partial charge in [0.15, 0.2) is 0 Å². The Morgan fingerprint density at radius 1 is 1.00 bits per heavy atom. The molecule has 2 aliphatic rings. The van der Waals surface area contributed by atoms with Crippen molar-refractivity contribution in [1.29, 1.82) is 0 Å². The van der Waals surface area contributed by atoms with Crippen LogP contribution >= 0.6 is 0 Å². The van der Waals surface area contributed by atoms with Crippen LogP contribution in [0.4, 0.5) is 0 Å². The number of nitrogens with zero attached hydrogens (tertiary/aromatic N) is 2. The number of carbonyl (C=O) groups excluding carboxylic acids is 1. The summed E-state index contributed by atoms with van der Waals surface area (Å²) in [5.41, 5.74) is -0.0101. The third-order valence-electron chi connectivity index (χ3n) is 4.99. The van der Waals surface area contributed by atoms with Crippen molar-refractivity contribution in [2.75, 3.05) is 52.6 Å². The van der Waals surface area contributed by atoms with Gasteiger partial charge in [0.1, 0.15) is 5.56 Å². The summed E-state index contributed by atoms with van der Waals surface area (Å²) < 4.78 is 37.5. The van der Waals surface area contributed by atoms with Crippen molar-refractivity contribution in [3.05, 3.63) is 40.2 Å². The van der Waals surface area contributed by atoms with E-state index in [0.717, 1.165) is 0 Å². The highest BCUT2D eigenvalue weighted by Crippen LogP contribution is 2.20. The summed E-state index contributed by atoms with van der Waals surface area (Å²) in [6, 6.07) is 4.36. The average molecular weight is 407 g/mol. The van der Waals surface area contributed by atoms with E-state index in [2.05, 4.69) is 4.98 Å². The van der Waals surface area contributed by atoms with Crippen molar-refractivity contribution in [2.45, 2.75) is 4.90 Å². The van der Waals surface area contributed by atoms with Gasteiger partial charge in [0, 0.05) is 43.3 Å². The number of hydrogen-bond acceptors (Lipinski definition) is 6. The maximum Gasteiger partial charge on any atom is 0.259 e. The molecule has 0 unspecified atom stereocenters. The van der Waals surface area contributed by atoms with E-state index in [1.807, 2.05) is 0 Å². The van der Waals surface area contributed by atoms with Gasteiger partial charge in [-0.3, -0.25) is 9.59 Å². The number of H-pyrrole nitrogens is 1. The monoisotopic (exact) mass is 407 g/mol. The third kappa shape index (κ3) is 3.44. The van der Waals surface area contributed by atoms with Crippen LogP contribution in [0.15, 0.2) is 34.1 Å². The lowest BCUT2D eigenvalue weighted by Crippen LogP contribution is -2.42. The molecule has 1 N–H and O–H groups in total. The van der Waals surface area contributed by atoms with Gasteiger partial charge in [-0.25, -0.2) is 8.42 Å². The number of morpholine rings is 2. The van der Waals surface area contributed by atoms with Gasteiger partial charge in [-0.1, -0.05) is 0 Å². The Hall–Kier alpha value is -2.27. The van der Waals surface area contributed by atoms with Crippen molar-refractivity contribution in [3.8, 4) is 0 Å². The van der Waals surface area contributed by atoms with Gasteiger partial charge < -0.3 is 19.4 Å². The summed E-state index contributed by atoms with van der Waals surface area (Å²) in [5.74, 6) is -0.382. The summed E-state index contributed by atoms with van der Waals surface area (Å²) in [6.45, 7) is 2.91. The molecule has 150 valence electrons. The molecule has 9 nitrogen and oxygen atoms in total. The van der Waals surface area contributed by atoms with Gasteiger partial charge >= 0.3 is 0 Å². The molecule has 4 rings (SSSR count). The summed E-state index contributed by atoms with van der Waals surface area (Å²) in [4.78, 5) is 30.2. The number of carbonyl (C=O) groups is 1. The number of ether oxygens (including phenoxy) is 2. The van der Waals surface area contributed by atoms with Crippen LogP contribution in [0.3, 0.4) is 0 Å². The first-order valence-electron chi connectivity index (χ1n) is 9.09. The van der Waals surface area contributed by atoms with Crippen LogP contribution < -0.4 is 5.43 Å². The number of amides is 1. The first-order chi connectivity index (χ1) is 13.5. The Labute approximate surface area is 161 Å². The number of sulfonamides is 1. The second kappa shape index (κ2) is 7.63. The van der Waals surface area contributed by atoms with Crippen LogP contribution in [0.2, 0.25) is 0 Å². The lowest BCUT2D eigenvalue weighted by atomic mass is 10.1. The highest BCUT2D eigenvalue weighted by Gasteiger charge is 2.27. The first kappa shape index (κ1) is 19.1. The van der Waals surface area contributed by atoms with E-state index in [1.165, 1.54) is 22.6 Å². The second-order valence-corrected chi connectivity index (χ2v) is 8.60. The maximum atomic E-state index is 12.9. The van der Waals surface area contributed by atoms with Gasteiger partial charge in [0.2, 0.25) is 15.5 Å². The highest BCUT2D eigenvalue weighted by atomic mass is 32.2. The average Bonchev–Trinajstić information content (AvgIpc) is 2.74. The molecule has 2 aromatic rings. The summed E-state index contributed by atoms with van der Waals surface area (Å²) in [5, 5.41) is 0.174. The Kier molecular flexibility index (Phi) is 5.19. The Morgan fingerprint density at radius 2 is 1.64 bits per heavy atom. The van der Waals surface area contributed by atoms with Crippen LogP contribution in [-0.4, -0.2) is 81.1 Å². The molecule has 28 heavy (non-hydrogen) atoms. The molecule has 0 radical (unpaired) electrons. The maximum absolute atomic E-state index is 12.9. The minimum absolute atomic E-state index is 0.00433. The van der Waals surface area contributed by atoms with Crippen LogP contribution in [0.1, 0.15) is 10.4 Å². The number of aromatic amines is 1. The topological polar surface area (TPSA) is 109 Å². The van der Waals surface area contributed by atoms with E-state index in [4.69, 9.17) is 9.47 Å². The fraction of sp³-hybridized carbons (Fsp3) is 0.444. The van der Waals surface area contributed by atoms with E-state index < -0.39 is 15.5 Å². The Bertz CT molecular complexity index is 1050. The molecule has 0 atom stereocenters. The molecule has 10 heteroatoms. The van der Waals surface area contributed by atoms with E-state index in [1.54, 1.807) is 11.0 Å². The lowest BCUT2D eigenvalue weighted by molar-refractivity contribution is 0.0302. The van der Waals surface area contributed by atoms with Crippen molar-refractivity contribution in [2.24, 2.45) is 0 Å². The minimum atomic E-state index is -3.74. The molecular weight excluding hydrogens is 386 g/mol. The van der Waals surface area contributed by atoms with Crippen molar-refractivity contribution in [1.82, 2.24) is 14.2 Å². The smallest absolute Gasteiger partial charge is 0.259 e. The van der Waals surface area contributed by atoms with Gasteiger partial charge in [0.05, 0.1) is 31.3 Å². The van der Waals surface area contributed by atoms with Crippen molar-refractivity contribution in [3.63, 3.8) is 0 Å².